The number of nitrogens with one attached hydrogen (secondary N) is 2. The molecule has 0 spiro atoms. The standard InChI is InChI=1S/C16H15ClF2N2O3/c1-23-14-7-4-11(17)8-13(14)21-16(22)20-9-10-2-5-12(6-3-10)24-15(18)19/h2-8,15H,9H2,1H3,(H2,20,21,22). The molecule has 0 atom stereocenters. The number of carbonyl (C=O) groups is 1. The number of halogens is 3. The minimum absolute atomic E-state index is 0.0573. The summed E-state index contributed by atoms with van der Waals surface area (Å²) >= 11 is 5.89. The van der Waals surface area contributed by atoms with Crippen LogP contribution in [-0.4, -0.2) is 19.8 Å². The Hall–Kier alpha value is -2.54. The summed E-state index contributed by atoms with van der Waals surface area (Å²) in [5, 5.41) is 5.73. The molecule has 5 nitrogen and oxygen atoms in total. The Labute approximate surface area is 142 Å². The van der Waals surface area contributed by atoms with Crippen LogP contribution in [0.3, 0.4) is 0 Å². The number of rotatable bonds is 6. The summed E-state index contributed by atoms with van der Waals surface area (Å²) in [6, 6.07) is 10.4. The third-order valence-corrected chi connectivity index (χ3v) is 3.25. The Balaban J connectivity index is 1.90. The summed E-state index contributed by atoms with van der Waals surface area (Å²) < 4.78 is 33.5. The molecule has 2 amide bonds. The molecule has 0 heterocycles. The minimum atomic E-state index is -2.87. The highest BCUT2D eigenvalue weighted by atomic mass is 35.5. The number of hydrogen-bond acceptors (Lipinski definition) is 3. The minimum Gasteiger partial charge on any atom is -0.495 e. The Bertz CT molecular complexity index is 696. The number of benzene rings is 2. The molecule has 2 aromatic rings. The second-order valence-corrected chi connectivity index (χ2v) is 5.11. The zero-order valence-corrected chi connectivity index (χ0v) is 13.4. The first kappa shape index (κ1) is 17.8. The van der Waals surface area contributed by atoms with E-state index in [9.17, 15) is 13.6 Å². The van der Waals surface area contributed by atoms with Crippen molar-refractivity contribution < 1.29 is 23.0 Å². The van der Waals surface area contributed by atoms with Gasteiger partial charge >= 0.3 is 12.6 Å². The average molecular weight is 357 g/mol. The molecule has 0 aliphatic heterocycles. The van der Waals surface area contributed by atoms with Gasteiger partial charge in [-0.3, -0.25) is 0 Å². The quantitative estimate of drug-likeness (QED) is 0.812. The van der Waals surface area contributed by atoms with E-state index in [4.69, 9.17) is 16.3 Å². The van der Waals surface area contributed by atoms with Crippen molar-refractivity contribution in [1.82, 2.24) is 5.32 Å². The van der Waals surface area contributed by atoms with Gasteiger partial charge in [-0.05, 0) is 35.9 Å². The summed E-state index contributed by atoms with van der Waals surface area (Å²) in [6.07, 6.45) is 0. The highest BCUT2D eigenvalue weighted by Crippen LogP contribution is 2.27. The second-order valence-electron chi connectivity index (χ2n) is 4.67. The molecule has 2 N–H and O–H groups in total. The van der Waals surface area contributed by atoms with Crippen LogP contribution in [0.2, 0.25) is 5.02 Å². The number of hydrogen-bond donors (Lipinski definition) is 2. The molecule has 0 fully saturated rings. The highest BCUT2D eigenvalue weighted by molar-refractivity contribution is 6.31. The lowest BCUT2D eigenvalue weighted by atomic mass is 10.2. The molecule has 0 bridgehead atoms. The van der Waals surface area contributed by atoms with Gasteiger partial charge in [0.2, 0.25) is 0 Å². The maximum Gasteiger partial charge on any atom is 0.387 e. The van der Waals surface area contributed by atoms with Crippen molar-refractivity contribution in [3.63, 3.8) is 0 Å². The van der Waals surface area contributed by atoms with Gasteiger partial charge in [-0.15, -0.1) is 0 Å². The van der Waals surface area contributed by atoms with Crippen LogP contribution in [-0.2, 0) is 6.54 Å². The Morgan fingerprint density at radius 1 is 1.21 bits per heavy atom. The molecule has 0 aliphatic rings. The van der Waals surface area contributed by atoms with E-state index in [1.165, 1.54) is 19.2 Å². The van der Waals surface area contributed by atoms with Crippen molar-refractivity contribution in [2.45, 2.75) is 13.2 Å². The van der Waals surface area contributed by atoms with Crippen molar-refractivity contribution in [1.29, 1.82) is 0 Å². The largest absolute Gasteiger partial charge is 0.495 e. The normalized spacial score (nSPS) is 10.4. The molecule has 2 rings (SSSR count). The number of carbonyl (C=O) groups excluding carboxylic acids is 1. The van der Waals surface area contributed by atoms with E-state index >= 15 is 0 Å². The van der Waals surface area contributed by atoms with Crippen LogP contribution in [0.1, 0.15) is 5.56 Å². The van der Waals surface area contributed by atoms with Gasteiger partial charge in [0.1, 0.15) is 11.5 Å². The summed E-state index contributed by atoms with van der Waals surface area (Å²) in [4.78, 5) is 11.9. The molecule has 0 aliphatic carbocycles. The van der Waals surface area contributed by atoms with Gasteiger partial charge in [0.05, 0.1) is 12.8 Å². The number of urea groups is 1. The lowest BCUT2D eigenvalue weighted by Gasteiger charge is -2.12. The number of ether oxygens (including phenoxy) is 2. The van der Waals surface area contributed by atoms with E-state index in [0.29, 0.717) is 16.5 Å². The Kier molecular flexibility index (Phi) is 6.20. The topological polar surface area (TPSA) is 59.6 Å². The van der Waals surface area contributed by atoms with Crippen LogP contribution in [0, 0.1) is 0 Å². The van der Waals surface area contributed by atoms with Crippen LogP contribution in [0.4, 0.5) is 19.3 Å². The van der Waals surface area contributed by atoms with E-state index in [1.807, 2.05) is 0 Å². The molecule has 24 heavy (non-hydrogen) atoms. The zero-order chi connectivity index (χ0) is 17.5. The first-order chi connectivity index (χ1) is 11.5. The Morgan fingerprint density at radius 3 is 2.54 bits per heavy atom. The SMILES string of the molecule is COc1ccc(Cl)cc1NC(=O)NCc1ccc(OC(F)F)cc1. The summed E-state index contributed by atoms with van der Waals surface area (Å²) in [5.41, 5.74) is 1.16. The van der Waals surface area contributed by atoms with Crippen LogP contribution in [0.25, 0.3) is 0 Å². The maximum absolute atomic E-state index is 12.1. The Morgan fingerprint density at radius 2 is 1.92 bits per heavy atom. The molecule has 0 saturated heterocycles. The summed E-state index contributed by atoms with van der Waals surface area (Å²) in [5.74, 6) is 0.532. The first-order valence-electron chi connectivity index (χ1n) is 6.90. The molecule has 0 radical (unpaired) electrons. The second kappa shape index (κ2) is 8.35. The predicted molar refractivity (Wildman–Crippen MR) is 86.9 cm³/mol. The predicted octanol–water partition coefficient (Wildman–Crippen LogP) is 4.27. The van der Waals surface area contributed by atoms with E-state index in [2.05, 4.69) is 15.4 Å². The summed E-state index contributed by atoms with van der Waals surface area (Å²) in [6.45, 7) is -2.66. The van der Waals surface area contributed by atoms with Crippen molar-refractivity contribution >= 4 is 23.3 Å². The van der Waals surface area contributed by atoms with Gasteiger partial charge in [0.25, 0.3) is 0 Å². The van der Waals surface area contributed by atoms with Gasteiger partial charge < -0.3 is 20.1 Å². The van der Waals surface area contributed by atoms with Crippen LogP contribution in [0.5, 0.6) is 11.5 Å². The van der Waals surface area contributed by atoms with E-state index in [1.54, 1.807) is 30.3 Å². The molecule has 0 saturated carbocycles. The lowest BCUT2D eigenvalue weighted by Crippen LogP contribution is -2.28. The average Bonchev–Trinajstić information content (AvgIpc) is 2.54. The molecule has 0 aromatic heterocycles. The zero-order valence-electron chi connectivity index (χ0n) is 12.7. The van der Waals surface area contributed by atoms with Crippen molar-refractivity contribution in [3.8, 4) is 11.5 Å². The first-order valence-corrected chi connectivity index (χ1v) is 7.28. The number of anilines is 1. The third-order valence-electron chi connectivity index (χ3n) is 3.01. The van der Waals surface area contributed by atoms with Gasteiger partial charge in [0, 0.05) is 11.6 Å². The van der Waals surface area contributed by atoms with Crippen molar-refractivity contribution in [2.24, 2.45) is 0 Å². The highest BCUT2D eigenvalue weighted by Gasteiger charge is 2.08. The lowest BCUT2D eigenvalue weighted by molar-refractivity contribution is -0.0498. The number of amides is 2. The molecular weight excluding hydrogens is 342 g/mol. The molecule has 2 aromatic carbocycles. The van der Waals surface area contributed by atoms with Crippen LogP contribution in [0.15, 0.2) is 42.5 Å². The van der Waals surface area contributed by atoms with Crippen LogP contribution < -0.4 is 20.1 Å². The molecule has 8 heteroatoms. The fourth-order valence-corrected chi connectivity index (χ4v) is 2.09. The van der Waals surface area contributed by atoms with Gasteiger partial charge in [-0.25, -0.2) is 4.79 Å². The summed E-state index contributed by atoms with van der Waals surface area (Å²) in [7, 11) is 1.48. The molecule has 0 unspecified atom stereocenters. The molecule has 128 valence electrons. The number of alkyl halides is 2. The maximum atomic E-state index is 12.1. The van der Waals surface area contributed by atoms with Gasteiger partial charge in [-0.1, -0.05) is 23.7 Å². The monoisotopic (exact) mass is 356 g/mol. The van der Waals surface area contributed by atoms with Crippen molar-refractivity contribution in [2.75, 3.05) is 12.4 Å². The third kappa shape index (κ3) is 5.27. The fraction of sp³-hybridized carbons (Fsp3) is 0.188. The van der Waals surface area contributed by atoms with Gasteiger partial charge in [0.15, 0.2) is 0 Å². The fourth-order valence-electron chi connectivity index (χ4n) is 1.92. The van der Waals surface area contributed by atoms with Gasteiger partial charge in [-0.2, -0.15) is 8.78 Å². The smallest absolute Gasteiger partial charge is 0.387 e. The van der Waals surface area contributed by atoms with Crippen molar-refractivity contribution in [3.05, 3.63) is 53.1 Å². The van der Waals surface area contributed by atoms with E-state index < -0.39 is 12.6 Å². The molecular formula is C16H15ClF2N2O3. The van der Waals surface area contributed by atoms with E-state index in [0.717, 1.165) is 5.56 Å². The van der Waals surface area contributed by atoms with Crippen LogP contribution >= 0.6 is 11.6 Å². The number of methoxy groups -OCH3 is 1. The van der Waals surface area contributed by atoms with E-state index in [-0.39, 0.29) is 12.3 Å².